The number of benzene rings is 3. The van der Waals surface area contributed by atoms with Gasteiger partial charge in [-0.05, 0) is 29.3 Å². The zero-order valence-electron chi connectivity index (χ0n) is 17.2. The van der Waals surface area contributed by atoms with E-state index in [9.17, 15) is 15.4 Å². The number of nitrogens with one attached hydrogen (secondary N) is 1. The van der Waals surface area contributed by atoms with Crippen LogP contribution in [0.2, 0.25) is 5.02 Å². The van der Waals surface area contributed by atoms with Crippen molar-refractivity contribution in [3.8, 4) is 22.9 Å². The van der Waals surface area contributed by atoms with E-state index in [1.54, 1.807) is 36.5 Å². The van der Waals surface area contributed by atoms with Crippen molar-refractivity contribution in [1.82, 2.24) is 4.98 Å². The van der Waals surface area contributed by atoms with Crippen LogP contribution < -0.4 is 10.1 Å². The first-order valence-electron chi connectivity index (χ1n) is 9.91. The van der Waals surface area contributed by atoms with Gasteiger partial charge in [0.05, 0.1) is 21.2 Å². The first kappa shape index (κ1) is 21.8. The third kappa shape index (κ3) is 5.09. The van der Waals surface area contributed by atoms with Gasteiger partial charge in [0.2, 0.25) is 0 Å². The molecule has 4 aromatic rings. The first-order valence-corrected chi connectivity index (χ1v) is 10.3. The lowest BCUT2D eigenvalue weighted by atomic mass is 10.0. The number of aromatic nitrogens is 1. The minimum atomic E-state index is -0.466. The molecule has 0 unspecified atom stereocenters. The standard InChI is InChI=1S/C25H17ClN4O3/c26-23-12-20(9-10-24(23)33-16-17-5-2-1-3-6-17)29-25-19(13-27)14-28-15-22(25)18-7-4-8-21(11-18)30(31)32/h1-12,14-15H,16H2,(H,28,29). The summed E-state index contributed by atoms with van der Waals surface area (Å²) in [7, 11) is 0. The van der Waals surface area contributed by atoms with Crippen molar-refractivity contribution in [2.45, 2.75) is 6.61 Å². The highest BCUT2D eigenvalue weighted by Crippen LogP contribution is 2.36. The van der Waals surface area contributed by atoms with Gasteiger partial charge in [-0.1, -0.05) is 54.1 Å². The van der Waals surface area contributed by atoms with Crippen LogP contribution in [0, 0.1) is 21.4 Å². The number of hydrogen-bond donors (Lipinski definition) is 1. The number of nitro groups is 1. The molecular formula is C25H17ClN4O3. The number of ether oxygens (including phenoxy) is 1. The first-order chi connectivity index (χ1) is 16.0. The second-order valence-electron chi connectivity index (χ2n) is 7.07. The highest BCUT2D eigenvalue weighted by molar-refractivity contribution is 6.32. The van der Waals surface area contributed by atoms with Crippen molar-refractivity contribution in [3.05, 3.63) is 111 Å². The Bertz CT molecular complexity index is 1350. The van der Waals surface area contributed by atoms with Gasteiger partial charge in [-0.15, -0.1) is 0 Å². The van der Waals surface area contributed by atoms with Crippen LogP contribution in [0.1, 0.15) is 11.1 Å². The fourth-order valence-corrected chi connectivity index (χ4v) is 3.50. The van der Waals surface area contributed by atoms with Crippen LogP contribution in [0.4, 0.5) is 17.1 Å². The summed E-state index contributed by atoms with van der Waals surface area (Å²) in [6.07, 6.45) is 2.99. The monoisotopic (exact) mass is 456 g/mol. The lowest BCUT2D eigenvalue weighted by Crippen LogP contribution is -2.00. The predicted molar refractivity (Wildman–Crippen MR) is 127 cm³/mol. The third-order valence-corrected chi connectivity index (χ3v) is 5.17. The molecule has 0 aliphatic heterocycles. The van der Waals surface area contributed by atoms with Crippen molar-refractivity contribution in [3.63, 3.8) is 0 Å². The molecule has 33 heavy (non-hydrogen) atoms. The Morgan fingerprint density at radius 1 is 1.06 bits per heavy atom. The smallest absolute Gasteiger partial charge is 0.270 e. The molecule has 0 fully saturated rings. The van der Waals surface area contributed by atoms with Gasteiger partial charge in [0.15, 0.2) is 0 Å². The van der Waals surface area contributed by atoms with E-state index in [0.717, 1.165) is 5.56 Å². The van der Waals surface area contributed by atoms with Gasteiger partial charge in [-0.2, -0.15) is 5.26 Å². The van der Waals surface area contributed by atoms with Crippen molar-refractivity contribution in [1.29, 1.82) is 5.26 Å². The van der Waals surface area contributed by atoms with E-state index in [1.165, 1.54) is 18.3 Å². The van der Waals surface area contributed by atoms with Gasteiger partial charge in [0.25, 0.3) is 5.69 Å². The van der Waals surface area contributed by atoms with E-state index in [1.807, 2.05) is 30.3 Å². The summed E-state index contributed by atoms with van der Waals surface area (Å²) in [6.45, 7) is 0.382. The maximum absolute atomic E-state index is 11.2. The van der Waals surface area contributed by atoms with Gasteiger partial charge >= 0.3 is 0 Å². The molecule has 0 spiro atoms. The lowest BCUT2D eigenvalue weighted by molar-refractivity contribution is -0.384. The summed E-state index contributed by atoms with van der Waals surface area (Å²) in [5, 5.41) is 24.4. The molecule has 0 aliphatic carbocycles. The van der Waals surface area contributed by atoms with Crippen molar-refractivity contribution >= 4 is 28.7 Å². The summed E-state index contributed by atoms with van der Waals surface area (Å²) >= 11 is 6.43. The maximum Gasteiger partial charge on any atom is 0.270 e. The number of non-ortho nitro benzene ring substituents is 1. The third-order valence-electron chi connectivity index (χ3n) is 4.87. The molecule has 0 amide bonds. The van der Waals surface area contributed by atoms with Crippen LogP contribution in [0.25, 0.3) is 11.1 Å². The zero-order valence-corrected chi connectivity index (χ0v) is 18.0. The van der Waals surface area contributed by atoms with Crippen LogP contribution in [0.3, 0.4) is 0 Å². The number of pyridine rings is 1. The van der Waals surface area contributed by atoms with E-state index in [-0.39, 0.29) is 5.69 Å². The van der Waals surface area contributed by atoms with Crippen molar-refractivity contribution in [2.24, 2.45) is 0 Å². The Kier molecular flexibility index (Phi) is 6.48. The average Bonchev–Trinajstić information content (AvgIpc) is 2.84. The van der Waals surface area contributed by atoms with Crippen LogP contribution in [0.15, 0.2) is 85.2 Å². The molecule has 0 atom stereocenters. The number of rotatable bonds is 7. The van der Waals surface area contributed by atoms with Crippen LogP contribution in [0.5, 0.6) is 5.75 Å². The molecule has 162 valence electrons. The number of nitriles is 1. The number of anilines is 2. The van der Waals surface area contributed by atoms with E-state index in [0.29, 0.717) is 45.4 Å². The van der Waals surface area contributed by atoms with Crippen LogP contribution >= 0.6 is 11.6 Å². The molecular weight excluding hydrogens is 440 g/mol. The molecule has 0 bridgehead atoms. The Labute approximate surface area is 195 Å². The van der Waals surface area contributed by atoms with E-state index in [2.05, 4.69) is 16.4 Å². The molecule has 7 nitrogen and oxygen atoms in total. The Hall–Kier alpha value is -4.41. The molecule has 0 radical (unpaired) electrons. The minimum absolute atomic E-state index is 0.0521. The Morgan fingerprint density at radius 2 is 1.88 bits per heavy atom. The fourth-order valence-electron chi connectivity index (χ4n) is 3.26. The van der Waals surface area contributed by atoms with Gasteiger partial charge in [0, 0.05) is 35.8 Å². The van der Waals surface area contributed by atoms with Gasteiger partial charge in [0.1, 0.15) is 18.4 Å². The number of hydrogen-bond acceptors (Lipinski definition) is 6. The normalized spacial score (nSPS) is 10.3. The number of halogens is 1. The summed E-state index contributed by atoms with van der Waals surface area (Å²) in [6, 6.07) is 23.2. The summed E-state index contributed by atoms with van der Waals surface area (Å²) in [5.41, 5.74) is 3.48. The number of nitro benzene ring substituents is 1. The summed E-state index contributed by atoms with van der Waals surface area (Å²) in [4.78, 5) is 14.8. The SMILES string of the molecule is N#Cc1cncc(-c2cccc([N+](=O)[O-])c2)c1Nc1ccc(OCc2ccccc2)c(Cl)c1. The van der Waals surface area contributed by atoms with Gasteiger partial charge in [-0.25, -0.2) is 0 Å². The van der Waals surface area contributed by atoms with E-state index in [4.69, 9.17) is 16.3 Å². The summed E-state index contributed by atoms with van der Waals surface area (Å²) in [5.74, 6) is 0.528. The number of nitrogens with zero attached hydrogens (tertiary/aromatic N) is 3. The molecule has 0 aliphatic rings. The minimum Gasteiger partial charge on any atom is -0.487 e. The maximum atomic E-state index is 11.2. The summed E-state index contributed by atoms with van der Waals surface area (Å²) < 4.78 is 5.82. The molecule has 0 saturated heterocycles. The van der Waals surface area contributed by atoms with Crippen LogP contribution in [-0.4, -0.2) is 9.91 Å². The van der Waals surface area contributed by atoms with Crippen molar-refractivity contribution < 1.29 is 9.66 Å². The molecule has 8 heteroatoms. The van der Waals surface area contributed by atoms with Crippen LogP contribution in [-0.2, 0) is 6.61 Å². The second-order valence-corrected chi connectivity index (χ2v) is 7.48. The van der Waals surface area contributed by atoms with Gasteiger partial charge in [-0.3, -0.25) is 15.1 Å². The Morgan fingerprint density at radius 3 is 2.61 bits per heavy atom. The van der Waals surface area contributed by atoms with Crippen molar-refractivity contribution in [2.75, 3.05) is 5.32 Å². The largest absolute Gasteiger partial charge is 0.487 e. The molecule has 3 aromatic carbocycles. The Balaban J connectivity index is 1.62. The average molecular weight is 457 g/mol. The van der Waals surface area contributed by atoms with Gasteiger partial charge < -0.3 is 10.1 Å². The predicted octanol–water partition coefficient (Wildman–Crippen LogP) is 6.50. The molecule has 0 saturated carbocycles. The van der Waals surface area contributed by atoms with E-state index < -0.39 is 4.92 Å². The molecule has 1 heterocycles. The lowest BCUT2D eigenvalue weighted by Gasteiger charge is -2.15. The highest BCUT2D eigenvalue weighted by atomic mass is 35.5. The zero-order chi connectivity index (χ0) is 23.2. The second kappa shape index (κ2) is 9.81. The molecule has 4 rings (SSSR count). The molecule has 1 N–H and O–H groups in total. The highest BCUT2D eigenvalue weighted by Gasteiger charge is 2.15. The fraction of sp³-hybridized carbons (Fsp3) is 0.0400. The molecule has 1 aromatic heterocycles. The quantitative estimate of drug-likeness (QED) is 0.251. The topological polar surface area (TPSA) is 101 Å². The van der Waals surface area contributed by atoms with E-state index >= 15 is 0 Å².